The fourth-order valence-electron chi connectivity index (χ4n) is 2.33. The van der Waals surface area contributed by atoms with E-state index in [0.29, 0.717) is 0 Å². The highest BCUT2D eigenvalue weighted by Gasteiger charge is 2.04. The van der Waals surface area contributed by atoms with Crippen molar-refractivity contribution in [3.05, 3.63) is 34.9 Å². The first-order chi connectivity index (χ1) is 9.33. The third kappa shape index (κ3) is 3.69. The van der Waals surface area contributed by atoms with Gasteiger partial charge >= 0.3 is 5.69 Å². The molecule has 4 nitrogen and oxygen atoms in total. The number of fused-ring (bicyclic) bond motifs is 1. The molecule has 0 saturated carbocycles. The Kier molecular flexibility index (Phi) is 5.19. The summed E-state index contributed by atoms with van der Waals surface area (Å²) in [5.74, 6) is 0. The number of nitrogens with zero attached hydrogens (tertiary/aromatic N) is 3. The number of aromatic nitrogens is 3. The van der Waals surface area contributed by atoms with Crippen LogP contribution in [0.15, 0.2) is 29.2 Å². The third-order valence-electron chi connectivity index (χ3n) is 3.46. The predicted octanol–water partition coefficient (Wildman–Crippen LogP) is 3.25. The van der Waals surface area contributed by atoms with E-state index in [1.165, 1.54) is 38.5 Å². The van der Waals surface area contributed by atoms with Gasteiger partial charge in [-0.15, -0.1) is 5.10 Å². The van der Waals surface area contributed by atoms with Crippen molar-refractivity contribution < 1.29 is 0 Å². The summed E-state index contributed by atoms with van der Waals surface area (Å²) in [6.45, 7) is 2.96. The van der Waals surface area contributed by atoms with Crippen LogP contribution in [0, 0.1) is 0 Å². The van der Waals surface area contributed by atoms with Gasteiger partial charge in [0.1, 0.15) is 0 Å². The number of rotatable bonds is 8. The molecule has 104 valence electrons. The summed E-state index contributed by atoms with van der Waals surface area (Å²) in [5, 5.41) is 4.33. The standard InChI is InChI=1S/C15H23N3O/c1-2-3-4-5-6-7-9-13-18-15(19)17-12-10-8-11-14(17)16-18/h8,10-12H,2-7,9,13H2,1H3. The van der Waals surface area contributed by atoms with E-state index in [0.717, 1.165) is 18.6 Å². The lowest BCUT2D eigenvalue weighted by molar-refractivity contribution is 0.513. The molecule has 2 rings (SSSR count). The minimum Gasteiger partial charge on any atom is -0.250 e. The molecule has 2 aromatic heterocycles. The lowest BCUT2D eigenvalue weighted by Gasteiger charge is -2.00. The van der Waals surface area contributed by atoms with E-state index in [1.807, 2.05) is 18.2 Å². The highest BCUT2D eigenvalue weighted by Crippen LogP contribution is 2.07. The molecule has 0 fully saturated rings. The molecule has 0 aliphatic carbocycles. The number of pyridine rings is 1. The minimum atomic E-state index is -0.0263. The predicted molar refractivity (Wildman–Crippen MR) is 77.4 cm³/mol. The Morgan fingerprint density at radius 3 is 2.53 bits per heavy atom. The van der Waals surface area contributed by atoms with Gasteiger partial charge < -0.3 is 0 Å². The number of hydrogen-bond acceptors (Lipinski definition) is 2. The van der Waals surface area contributed by atoms with Crippen LogP contribution in [0.3, 0.4) is 0 Å². The Bertz CT molecular complexity index is 556. The van der Waals surface area contributed by atoms with Crippen molar-refractivity contribution in [3.8, 4) is 0 Å². The highest BCUT2D eigenvalue weighted by molar-refractivity contribution is 5.35. The zero-order chi connectivity index (χ0) is 13.5. The van der Waals surface area contributed by atoms with Gasteiger partial charge in [-0.2, -0.15) is 0 Å². The summed E-state index contributed by atoms with van der Waals surface area (Å²) < 4.78 is 3.18. The maximum Gasteiger partial charge on any atom is 0.350 e. The Balaban J connectivity index is 1.79. The second-order valence-corrected chi connectivity index (χ2v) is 5.06. The van der Waals surface area contributed by atoms with Gasteiger partial charge in [0.05, 0.1) is 0 Å². The average molecular weight is 261 g/mol. The van der Waals surface area contributed by atoms with Crippen molar-refractivity contribution in [2.24, 2.45) is 0 Å². The van der Waals surface area contributed by atoms with E-state index >= 15 is 0 Å². The van der Waals surface area contributed by atoms with Gasteiger partial charge in [-0.3, -0.25) is 4.40 Å². The smallest absolute Gasteiger partial charge is 0.250 e. The van der Waals surface area contributed by atoms with Crippen molar-refractivity contribution in [2.75, 3.05) is 0 Å². The molecule has 2 aromatic rings. The maximum absolute atomic E-state index is 12.0. The van der Waals surface area contributed by atoms with Crippen LogP contribution >= 0.6 is 0 Å². The fourth-order valence-corrected chi connectivity index (χ4v) is 2.33. The molecular weight excluding hydrogens is 238 g/mol. The van der Waals surface area contributed by atoms with Crippen molar-refractivity contribution >= 4 is 5.65 Å². The Labute approximate surface area is 114 Å². The van der Waals surface area contributed by atoms with Gasteiger partial charge in [0.15, 0.2) is 5.65 Å². The minimum absolute atomic E-state index is 0.0263. The highest BCUT2D eigenvalue weighted by atomic mass is 16.2. The lowest BCUT2D eigenvalue weighted by atomic mass is 10.1. The molecule has 0 aliphatic heterocycles. The number of unbranched alkanes of at least 4 members (excludes halogenated alkanes) is 6. The molecule has 0 aromatic carbocycles. The molecule has 0 atom stereocenters. The summed E-state index contributed by atoms with van der Waals surface area (Å²) in [6.07, 6.45) is 10.5. The first-order valence-electron chi connectivity index (χ1n) is 7.37. The van der Waals surface area contributed by atoms with Gasteiger partial charge in [0, 0.05) is 12.7 Å². The van der Waals surface area contributed by atoms with E-state index in [-0.39, 0.29) is 5.69 Å². The van der Waals surface area contributed by atoms with Crippen molar-refractivity contribution in [1.29, 1.82) is 0 Å². The molecule has 4 heteroatoms. The molecule has 0 saturated heterocycles. The Morgan fingerprint density at radius 1 is 1.05 bits per heavy atom. The van der Waals surface area contributed by atoms with Crippen LogP contribution < -0.4 is 5.69 Å². The van der Waals surface area contributed by atoms with Gasteiger partial charge in [-0.25, -0.2) is 9.48 Å². The molecule has 0 aliphatic rings. The van der Waals surface area contributed by atoms with Gasteiger partial charge in [0.25, 0.3) is 0 Å². The van der Waals surface area contributed by atoms with Crippen molar-refractivity contribution in [3.63, 3.8) is 0 Å². The van der Waals surface area contributed by atoms with Crippen LogP contribution in [0.2, 0.25) is 0 Å². The van der Waals surface area contributed by atoms with Crippen LogP contribution in [0.5, 0.6) is 0 Å². The van der Waals surface area contributed by atoms with Crippen molar-refractivity contribution in [2.45, 2.75) is 58.4 Å². The summed E-state index contributed by atoms with van der Waals surface area (Å²) in [5.41, 5.74) is 0.706. The van der Waals surface area contributed by atoms with Gasteiger partial charge in [0.2, 0.25) is 0 Å². The molecule has 0 N–H and O–H groups in total. The molecule has 0 spiro atoms. The summed E-state index contributed by atoms with van der Waals surface area (Å²) >= 11 is 0. The second kappa shape index (κ2) is 7.12. The first-order valence-corrected chi connectivity index (χ1v) is 7.37. The van der Waals surface area contributed by atoms with Gasteiger partial charge in [-0.05, 0) is 18.6 Å². The normalized spacial score (nSPS) is 11.2. The molecule has 19 heavy (non-hydrogen) atoms. The second-order valence-electron chi connectivity index (χ2n) is 5.06. The number of hydrogen-bond donors (Lipinski definition) is 0. The van der Waals surface area contributed by atoms with E-state index in [4.69, 9.17) is 0 Å². The monoisotopic (exact) mass is 261 g/mol. The maximum atomic E-state index is 12.0. The van der Waals surface area contributed by atoms with E-state index in [9.17, 15) is 4.79 Å². The topological polar surface area (TPSA) is 39.3 Å². The Morgan fingerprint density at radius 2 is 1.79 bits per heavy atom. The quantitative estimate of drug-likeness (QED) is 0.684. The summed E-state index contributed by atoms with van der Waals surface area (Å²) in [4.78, 5) is 12.0. The van der Waals surface area contributed by atoms with Crippen molar-refractivity contribution in [1.82, 2.24) is 14.2 Å². The molecule has 0 unspecified atom stereocenters. The summed E-state index contributed by atoms with van der Waals surface area (Å²) in [7, 11) is 0. The SMILES string of the molecule is CCCCCCCCCn1nc2ccccn2c1=O. The van der Waals surface area contributed by atoms with E-state index in [2.05, 4.69) is 12.0 Å². The van der Waals surface area contributed by atoms with E-state index in [1.54, 1.807) is 15.3 Å². The fraction of sp³-hybridized carbons (Fsp3) is 0.600. The molecule has 0 bridgehead atoms. The largest absolute Gasteiger partial charge is 0.350 e. The van der Waals surface area contributed by atoms with E-state index < -0.39 is 0 Å². The molecule has 2 heterocycles. The first kappa shape index (κ1) is 13.8. The van der Waals surface area contributed by atoms with Crippen LogP contribution in [0.4, 0.5) is 0 Å². The van der Waals surface area contributed by atoms with Crippen LogP contribution in [-0.4, -0.2) is 14.2 Å². The lowest BCUT2D eigenvalue weighted by Crippen LogP contribution is -2.21. The van der Waals surface area contributed by atoms with Gasteiger partial charge in [-0.1, -0.05) is 51.5 Å². The average Bonchev–Trinajstić information content (AvgIpc) is 2.75. The molecular formula is C15H23N3O. The zero-order valence-electron chi connectivity index (χ0n) is 11.7. The molecule has 0 radical (unpaired) electrons. The van der Waals surface area contributed by atoms with Crippen LogP contribution in [-0.2, 0) is 6.54 Å². The zero-order valence-corrected chi connectivity index (χ0v) is 11.7. The number of aryl methyl sites for hydroxylation is 1. The third-order valence-corrected chi connectivity index (χ3v) is 3.46. The van der Waals surface area contributed by atoms with Crippen LogP contribution in [0.25, 0.3) is 5.65 Å². The summed E-state index contributed by atoms with van der Waals surface area (Å²) in [6, 6.07) is 5.62. The molecule has 0 amide bonds. The Hall–Kier alpha value is -1.58. The van der Waals surface area contributed by atoms with Crippen LogP contribution in [0.1, 0.15) is 51.9 Å².